The first kappa shape index (κ1) is 14.3. The van der Waals surface area contributed by atoms with E-state index in [2.05, 4.69) is 24.2 Å². The van der Waals surface area contributed by atoms with Gasteiger partial charge in [-0.05, 0) is 32.4 Å². The first-order valence-corrected chi connectivity index (χ1v) is 6.97. The molecule has 0 fully saturated rings. The molecule has 0 saturated carbocycles. The van der Waals surface area contributed by atoms with Crippen LogP contribution >= 0.6 is 0 Å². The highest BCUT2D eigenvalue weighted by molar-refractivity contribution is 5.95. The Bertz CT molecular complexity index is 599. The van der Waals surface area contributed by atoms with E-state index in [1.54, 1.807) is 11.1 Å². The lowest BCUT2D eigenvalue weighted by atomic mass is 10.1. The maximum Gasteiger partial charge on any atom is 0.257 e. The Balaban J connectivity index is 2.44. The van der Waals surface area contributed by atoms with Crippen molar-refractivity contribution in [3.63, 3.8) is 0 Å². The lowest BCUT2D eigenvalue weighted by Gasteiger charge is -2.14. The minimum absolute atomic E-state index is 0.0303. The molecule has 0 radical (unpaired) electrons. The molecule has 106 valence electrons. The number of aromatic nitrogens is 2. The molecule has 4 nitrogen and oxygen atoms in total. The molecule has 0 aliphatic carbocycles. The van der Waals surface area contributed by atoms with Crippen LogP contribution in [0.15, 0.2) is 30.5 Å². The van der Waals surface area contributed by atoms with E-state index in [-0.39, 0.29) is 5.91 Å². The maximum absolute atomic E-state index is 12.3. The molecular formula is C16H21N3O. The van der Waals surface area contributed by atoms with E-state index in [1.165, 1.54) is 5.56 Å². The van der Waals surface area contributed by atoms with Gasteiger partial charge in [0.2, 0.25) is 0 Å². The van der Waals surface area contributed by atoms with Gasteiger partial charge in [-0.3, -0.25) is 4.79 Å². The number of hydrogen-bond donors (Lipinski definition) is 0. The topological polar surface area (TPSA) is 38.1 Å². The van der Waals surface area contributed by atoms with Crippen molar-refractivity contribution in [2.45, 2.75) is 27.2 Å². The third kappa shape index (κ3) is 2.59. The Kier molecular flexibility index (Phi) is 4.23. The fourth-order valence-electron chi connectivity index (χ4n) is 2.15. The summed E-state index contributed by atoms with van der Waals surface area (Å²) in [7, 11) is 1.81. The van der Waals surface area contributed by atoms with Crippen molar-refractivity contribution in [2.75, 3.05) is 13.6 Å². The van der Waals surface area contributed by atoms with Gasteiger partial charge in [-0.15, -0.1) is 0 Å². The summed E-state index contributed by atoms with van der Waals surface area (Å²) < 4.78 is 1.86. The SMILES string of the molecule is CCc1c(C(=O)N(C)CC)cnn1-c1ccc(C)cc1. The van der Waals surface area contributed by atoms with E-state index in [0.717, 1.165) is 17.8 Å². The van der Waals surface area contributed by atoms with Crippen LogP contribution in [0.4, 0.5) is 0 Å². The zero-order valence-corrected chi connectivity index (χ0v) is 12.6. The molecule has 2 rings (SSSR count). The molecule has 1 heterocycles. The van der Waals surface area contributed by atoms with Gasteiger partial charge in [0.1, 0.15) is 0 Å². The van der Waals surface area contributed by atoms with Crippen LogP contribution in [-0.4, -0.2) is 34.2 Å². The van der Waals surface area contributed by atoms with E-state index >= 15 is 0 Å². The standard InChI is InChI=1S/C16H21N3O/c1-5-15-14(16(20)18(4)6-2)11-17-19(15)13-9-7-12(3)8-10-13/h7-11H,5-6H2,1-4H3. The van der Waals surface area contributed by atoms with Gasteiger partial charge in [0.05, 0.1) is 23.1 Å². The van der Waals surface area contributed by atoms with E-state index in [1.807, 2.05) is 37.7 Å². The third-order valence-electron chi connectivity index (χ3n) is 3.53. The predicted octanol–water partition coefficient (Wildman–Crippen LogP) is 2.84. The fourth-order valence-corrected chi connectivity index (χ4v) is 2.15. The quantitative estimate of drug-likeness (QED) is 0.857. The zero-order chi connectivity index (χ0) is 14.7. The molecule has 0 aliphatic heterocycles. The van der Waals surface area contributed by atoms with Crippen LogP contribution < -0.4 is 0 Å². The van der Waals surface area contributed by atoms with Gasteiger partial charge in [-0.2, -0.15) is 5.10 Å². The van der Waals surface area contributed by atoms with Crippen LogP contribution in [0.25, 0.3) is 5.69 Å². The maximum atomic E-state index is 12.3. The molecule has 2 aromatic rings. The first-order chi connectivity index (χ1) is 9.58. The Morgan fingerprint density at radius 3 is 2.45 bits per heavy atom. The van der Waals surface area contributed by atoms with Crippen LogP contribution in [0, 0.1) is 6.92 Å². The second-order valence-electron chi connectivity index (χ2n) is 4.93. The second kappa shape index (κ2) is 5.90. The predicted molar refractivity (Wildman–Crippen MR) is 80.3 cm³/mol. The summed E-state index contributed by atoms with van der Waals surface area (Å²) in [4.78, 5) is 14.0. The van der Waals surface area contributed by atoms with Crippen molar-refractivity contribution in [1.82, 2.24) is 14.7 Å². The number of rotatable bonds is 4. The van der Waals surface area contributed by atoms with Crippen molar-refractivity contribution < 1.29 is 4.79 Å². The summed E-state index contributed by atoms with van der Waals surface area (Å²) in [5.74, 6) is 0.0303. The molecule has 4 heteroatoms. The van der Waals surface area contributed by atoms with Gasteiger partial charge in [0.15, 0.2) is 0 Å². The van der Waals surface area contributed by atoms with Crippen molar-refractivity contribution in [3.8, 4) is 5.69 Å². The van der Waals surface area contributed by atoms with Crippen molar-refractivity contribution in [3.05, 3.63) is 47.3 Å². The lowest BCUT2D eigenvalue weighted by Crippen LogP contribution is -2.26. The summed E-state index contributed by atoms with van der Waals surface area (Å²) in [6.07, 6.45) is 2.44. The Hall–Kier alpha value is -2.10. The largest absolute Gasteiger partial charge is 0.342 e. The Morgan fingerprint density at radius 2 is 1.90 bits per heavy atom. The zero-order valence-electron chi connectivity index (χ0n) is 12.6. The van der Waals surface area contributed by atoms with Crippen LogP contribution in [0.5, 0.6) is 0 Å². The Labute approximate surface area is 120 Å². The molecule has 0 bridgehead atoms. The van der Waals surface area contributed by atoms with E-state index in [9.17, 15) is 4.79 Å². The molecule has 0 aliphatic rings. The average Bonchev–Trinajstić information content (AvgIpc) is 2.90. The van der Waals surface area contributed by atoms with Gasteiger partial charge in [0.25, 0.3) is 5.91 Å². The number of nitrogens with zero attached hydrogens (tertiary/aromatic N) is 3. The minimum Gasteiger partial charge on any atom is -0.342 e. The highest BCUT2D eigenvalue weighted by Gasteiger charge is 2.19. The van der Waals surface area contributed by atoms with Gasteiger partial charge >= 0.3 is 0 Å². The summed E-state index contributed by atoms with van der Waals surface area (Å²) in [5, 5.41) is 4.39. The molecule has 20 heavy (non-hydrogen) atoms. The molecule has 1 aromatic carbocycles. The first-order valence-electron chi connectivity index (χ1n) is 6.97. The molecule has 1 amide bonds. The normalized spacial score (nSPS) is 10.6. The van der Waals surface area contributed by atoms with Gasteiger partial charge in [-0.25, -0.2) is 4.68 Å². The van der Waals surface area contributed by atoms with Gasteiger partial charge in [0, 0.05) is 13.6 Å². The van der Waals surface area contributed by atoms with Crippen molar-refractivity contribution >= 4 is 5.91 Å². The number of aryl methyl sites for hydroxylation is 1. The van der Waals surface area contributed by atoms with Crippen LogP contribution in [0.1, 0.15) is 35.5 Å². The van der Waals surface area contributed by atoms with Gasteiger partial charge < -0.3 is 4.90 Å². The minimum atomic E-state index is 0.0303. The highest BCUT2D eigenvalue weighted by Crippen LogP contribution is 2.17. The number of carbonyl (C=O) groups is 1. The molecule has 0 N–H and O–H groups in total. The number of amides is 1. The fraction of sp³-hybridized carbons (Fsp3) is 0.375. The lowest BCUT2D eigenvalue weighted by molar-refractivity contribution is 0.0801. The summed E-state index contributed by atoms with van der Waals surface area (Å²) in [6, 6.07) is 8.16. The van der Waals surface area contributed by atoms with Crippen LogP contribution in [0.2, 0.25) is 0 Å². The van der Waals surface area contributed by atoms with E-state index < -0.39 is 0 Å². The third-order valence-corrected chi connectivity index (χ3v) is 3.53. The molecule has 0 atom stereocenters. The van der Waals surface area contributed by atoms with E-state index in [0.29, 0.717) is 12.1 Å². The monoisotopic (exact) mass is 271 g/mol. The average molecular weight is 271 g/mol. The molecule has 1 aromatic heterocycles. The molecular weight excluding hydrogens is 250 g/mol. The molecule has 0 saturated heterocycles. The molecule has 0 spiro atoms. The van der Waals surface area contributed by atoms with Crippen LogP contribution in [-0.2, 0) is 6.42 Å². The number of benzene rings is 1. The van der Waals surface area contributed by atoms with Gasteiger partial charge in [-0.1, -0.05) is 24.6 Å². The number of hydrogen-bond acceptors (Lipinski definition) is 2. The smallest absolute Gasteiger partial charge is 0.257 e. The van der Waals surface area contributed by atoms with E-state index in [4.69, 9.17) is 0 Å². The Morgan fingerprint density at radius 1 is 1.25 bits per heavy atom. The highest BCUT2D eigenvalue weighted by atomic mass is 16.2. The number of carbonyl (C=O) groups excluding carboxylic acids is 1. The van der Waals surface area contributed by atoms with Crippen molar-refractivity contribution in [1.29, 1.82) is 0 Å². The van der Waals surface area contributed by atoms with Crippen molar-refractivity contribution in [2.24, 2.45) is 0 Å². The summed E-state index contributed by atoms with van der Waals surface area (Å²) in [6.45, 7) is 6.76. The van der Waals surface area contributed by atoms with Crippen LogP contribution in [0.3, 0.4) is 0 Å². The summed E-state index contributed by atoms with van der Waals surface area (Å²) in [5.41, 5.74) is 3.85. The summed E-state index contributed by atoms with van der Waals surface area (Å²) >= 11 is 0. The molecule has 0 unspecified atom stereocenters. The second-order valence-corrected chi connectivity index (χ2v) is 4.93.